The van der Waals surface area contributed by atoms with Crippen molar-refractivity contribution in [2.45, 2.75) is 48.0 Å². The highest BCUT2D eigenvalue weighted by molar-refractivity contribution is 7.93. The van der Waals surface area contributed by atoms with Crippen LogP contribution in [0, 0.1) is 0 Å². The molecule has 0 aliphatic carbocycles. The van der Waals surface area contributed by atoms with Gasteiger partial charge in [0.25, 0.3) is 0 Å². The van der Waals surface area contributed by atoms with Crippen LogP contribution in [0.5, 0.6) is 0 Å². The molecule has 0 aromatic rings. The molecule has 88 valence electrons. The second-order valence-corrected chi connectivity index (χ2v) is 6.86. The van der Waals surface area contributed by atoms with Crippen molar-refractivity contribution in [2.24, 2.45) is 0 Å². The first-order valence-electron chi connectivity index (χ1n) is 4.69. The van der Waals surface area contributed by atoms with E-state index in [2.05, 4.69) is 0 Å². The Morgan fingerprint density at radius 1 is 1.13 bits per heavy atom. The average molecular weight is 244 g/mol. The average Bonchev–Trinajstić information content (AvgIpc) is 2.29. The number of fused-ring (bicyclic) bond motifs is 2. The van der Waals surface area contributed by atoms with Crippen LogP contribution < -0.4 is 0 Å². The van der Waals surface area contributed by atoms with E-state index in [1.807, 2.05) is 0 Å². The minimum atomic E-state index is -4.73. The number of hydrogen-bond donors (Lipinski definition) is 1. The number of halogens is 3. The van der Waals surface area contributed by atoms with Crippen molar-refractivity contribution in [3.8, 4) is 0 Å². The summed E-state index contributed by atoms with van der Waals surface area (Å²) in [5.41, 5.74) is -2.80. The highest BCUT2D eigenvalue weighted by atomic mass is 32.2. The van der Waals surface area contributed by atoms with Gasteiger partial charge in [-0.1, -0.05) is 0 Å². The minimum Gasteiger partial charge on any atom is -0.380 e. The van der Waals surface area contributed by atoms with Gasteiger partial charge < -0.3 is 5.11 Å². The molecule has 0 amide bonds. The zero-order chi connectivity index (χ0) is 11.5. The Kier molecular flexibility index (Phi) is 2.15. The lowest BCUT2D eigenvalue weighted by atomic mass is 9.93. The van der Waals surface area contributed by atoms with E-state index in [4.69, 9.17) is 0 Å². The first-order chi connectivity index (χ1) is 6.67. The fourth-order valence-corrected chi connectivity index (χ4v) is 4.97. The Bertz CT molecular complexity index is 353. The van der Waals surface area contributed by atoms with Crippen molar-refractivity contribution >= 4 is 9.84 Å². The van der Waals surface area contributed by atoms with Gasteiger partial charge in [0.15, 0.2) is 15.4 Å². The van der Waals surface area contributed by atoms with Gasteiger partial charge in [-0.05, 0) is 12.8 Å². The Balaban J connectivity index is 2.34. The molecule has 1 N–H and O–H groups in total. The van der Waals surface area contributed by atoms with Crippen molar-refractivity contribution in [1.82, 2.24) is 0 Å². The van der Waals surface area contributed by atoms with Crippen LogP contribution in [0.2, 0.25) is 0 Å². The Morgan fingerprint density at radius 2 is 1.53 bits per heavy atom. The largest absolute Gasteiger partial charge is 0.417 e. The van der Waals surface area contributed by atoms with Gasteiger partial charge in [0.2, 0.25) is 0 Å². The number of rotatable bonds is 0. The summed E-state index contributed by atoms with van der Waals surface area (Å²) in [5, 5.41) is 7.41. The molecule has 0 saturated carbocycles. The molecule has 2 aliphatic heterocycles. The van der Waals surface area contributed by atoms with Gasteiger partial charge in [-0.25, -0.2) is 8.42 Å². The van der Waals surface area contributed by atoms with Crippen molar-refractivity contribution < 1.29 is 26.7 Å². The molecule has 2 aliphatic rings. The number of sulfone groups is 1. The van der Waals surface area contributed by atoms with Gasteiger partial charge >= 0.3 is 6.18 Å². The summed E-state index contributed by atoms with van der Waals surface area (Å²) in [7, 11) is -3.42. The summed E-state index contributed by atoms with van der Waals surface area (Å²) in [6.45, 7) is 0. The van der Waals surface area contributed by atoms with E-state index < -0.39 is 45.0 Å². The third kappa shape index (κ3) is 1.47. The van der Waals surface area contributed by atoms with Crippen molar-refractivity contribution in [2.75, 3.05) is 0 Å². The molecule has 2 atom stereocenters. The smallest absolute Gasteiger partial charge is 0.380 e. The number of alkyl halides is 3. The lowest BCUT2D eigenvalue weighted by molar-refractivity contribution is -0.264. The number of aliphatic hydroxyl groups is 1. The molecule has 0 aromatic carbocycles. The highest BCUT2D eigenvalue weighted by Crippen LogP contribution is 2.49. The molecule has 2 saturated heterocycles. The van der Waals surface area contributed by atoms with Gasteiger partial charge in [-0.2, -0.15) is 13.2 Å². The van der Waals surface area contributed by atoms with Gasteiger partial charge in [0.05, 0.1) is 10.5 Å². The normalized spacial score (nSPS) is 44.3. The molecular weight excluding hydrogens is 233 g/mol. The lowest BCUT2D eigenvalue weighted by Gasteiger charge is -2.37. The molecule has 0 aromatic heterocycles. The minimum absolute atomic E-state index is 0.241. The fourth-order valence-electron chi connectivity index (χ4n) is 2.48. The predicted molar refractivity (Wildman–Crippen MR) is 46.0 cm³/mol. The second kappa shape index (κ2) is 2.88. The third-order valence-electron chi connectivity index (χ3n) is 3.40. The van der Waals surface area contributed by atoms with E-state index in [0.29, 0.717) is 0 Å². The third-order valence-corrected chi connectivity index (χ3v) is 6.06. The molecule has 2 bridgehead atoms. The van der Waals surface area contributed by atoms with Crippen LogP contribution in [0.4, 0.5) is 13.2 Å². The van der Waals surface area contributed by atoms with E-state index >= 15 is 0 Å². The molecule has 0 radical (unpaired) electrons. The van der Waals surface area contributed by atoms with Crippen molar-refractivity contribution in [3.63, 3.8) is 0 Å². The molecular formula is C8H11F3O3S. The number of hydrogen-bond acceptors (Lipinski definition) is 3. The Labute approximate surface area is 85.2 Å². The Hall–Kier alpha value is -0.300. The second-order valence-electron chi connectivity index (χ2n) is 4.35. The quantitative estimate of drug-likeness (QED) is 0.692. The van der Waals surface area contributed by atoms with Crippen molar-refractivity contribution in [1.29, 1.82) is 0 Å². The van der Waals surface area contributed by atoms with Crippen LogP contribution >= 0.6 is 0 Å². The van der Waals surface area contributed by atoms with Crippen LogP contribution in [0.3, 0.4) is 0 Å². The molecule has 2 rings (SSSR count). The van der Waals surface area contributed by atoms with Gasteiger partial charge in [-0.3, -0.25) is 0 Å². The SMILES string of the molecule is O=S1(=O)C2CCC1CC(O)(C(F)(F)F)C2. The summed E-state index contributed by atoms with van der Waals surface area (Å²) in [6.07, 6.45) is -5.65. The van der Waals surface area contributed by atoms with Crippen molar-refractivity contribution in [3.05, 3.63) is 0 Å². The summed E-state index contributed by atoms with van der Waals surface area (Å²) in [4.78, 5) is 0. The van der Waals surface area contributed by atoms with Gasteiger partial charge in [-0.15, -0.1) is 0 Å². The maximum atomic E-state index is 12.5. The zero-order valence-corrected chi connectivity index (χ0v) is 8.61. The van der Waals surface area contributed by atoms with E-state index in [-0.39, 0.29) is 12.8 Å². The van der Waals surface area contributed by atoms with Crippen LogP contribution in [-0.2, 0) is 9.84 Å². The van der Waals surface area contributed by atoms with E-state index in [0.717, 1.165) is 0 Å². The summed E-state index contributed by atoms with van der Waals surface area (Å²) < 4.78 is 60.5. The van der Waals surface area contributed by atoms with Crippen LogP contribution in [0.25, 0.3) is 0 Å². The summed E-state index contributed by atoms with van der Waals surface area (Å²) in [5.74, 6) is 0. The topological polar surface area (TPSA) is 54.4 Å². The highest BCUT2D eigenvalue weighted by Gasteiger charge is 2.63. The van der Waals surface area contributed by atoms with Crippen LogP contribution in [0.1, 0.15) is 25.7 Å². The Morgan fingerprint density at radius 3 is 1.87 bits per heavy atom. The zero-order valence-electron chi connectivity index (χ0n) is 7.79. The van der Waals surface area contributed by atoms with Gasteiger partial charge in [0, 0.05) is 12.8 Å². The molecule has 2 unspecified atom stereocenters. The standard InChI is InChI=1S/C8H11F3O3S/c9-8(10,11)7(12)3-5-1-2-6(4-7)15(5,13)14/h5-6,12H,1-4H2. The lowest BCUT2D eigenvalue weighted by Crippen LogP contribution is -2.54. The van der Waals surface area contributed by atoms with Crippen LogP contribution in [-0.4, -0.2) is 35.8 Å². The fraction of sp³-hybridized carbons (Fsp3) is 1.00. The van der Waals surface area contributed by atoms with E-state index in [9.17, 15) is 26.7 Å². The maximum absolute atomic E-state index is 12.5. The maximum Gasteiger partial charge on any atom is 0.417 e. The summed E-state index contributed by atoms with van der Waals surface area (Å²) in [6, 6.07) is 0. The molecule has 2 heterocycles. The molecule has 7 heteroatoms. The first kappa shape index (κ1) is 11.2. The molecule has 0 spiro atoms. The predicted octanol–water partition coefficient (Wildman–Crippen LogP) is 1.02. The molecule has 2 fully saturated rings. The van der Waals surface area contributed by atoms with Gasteiger partial charge in [0.1, 0.15) is 0 Å². The van der Waals surface area contributed by atoms with E-state index in [1.54, 1.807) is 0 Å². The molecule has 15 heavy (non-hydrogen) atoms. The first-order valence-corrected chi connectivity index (χ1v) is 6.29. The van der Waals surface area contributed by atoms with Crippen LogP contribution in [0.15, 0.2) is 0 Å². The van der Waals surface area contributed by atoms with E-state index in [1.165, 1.54) is 0 Å². The monoisotopic (exact) mass is 244 g/mol. The molecule has 3 nitrogen and oxygen atoms in total. The summed E-state index contributed by atoms with van der Waals surface area (Å²) >= 11 is 0.